The first-order chi connectivity index (χ1) is 6.93. The second-order valence-electron chi connectivity index (χ2n) is 3.20. The summed E-state index contributed by atoms with van der Waals surface area (Å²) in [4.78, 5) is 5.90. The summed E-state index contributed by atoms with van der Waals surface area (Å²) < 4.78 is 1.30. The van der Waals surface area contributed by atoms with E-state index in [9.17, 15) is 0 Å². The molecule has 0 atom stereocenters. The molecule has 1 aliphatic heterocycles. The third kappa shape index (κ3) is 1.19. The number of thiol groups is 1. The second kappa shape index (κ2) is 3.07. The molecular formula is C12H9NS. The Morgan fingerprint density at radius 1 is 0.857 bits per heavy atom. The van der Waals surface area contributed by atoms with Crippen LogP contribution in [0.25, 0.3) is 0 Å². The van der Waals surface area contributed by atoms with Gasteiger partial charge in [-0.1, -0.05) is 24.3 Å². The molecule has 1 nitrogen and oxygen atoms in total. The molecule has 0 saturated carbocycles. The third-order valence-corrected chi connectivity index (χ3v) is 3.48. The van der Waals surface area contributed by atoms with Gasteiger partial charge < -0.3 is 0 Å². The molecule has 0 unspecified atom stereocenters. The lowest BCUT2D eigenvalue weighted by Crippen LogP contribution is -2.02. The lowest BCUT2D eigenvalue weighted by Gasteiger charge is -2.04. The molecule has 0 aromatic heterocycles. The first-order valence-electron chi connectivity index (χ1n) is 4.55. The van der Waals surface area contributed by atoms with Gasteiger partial charge in [0.2, 0.25) is 0 Å². The van der Waals surface area contributed by atoms with Crippen LogP contribution in [0.2, 0.25) is 0 Å². The van der Waals surface area contributed by atoms with Gasteiger partial charge in [0.25, 0.3) is 0 Å². The molecule has 1 heterocycles. The van der Waals surface area contributed by atoms with Gasteiger partial charge in [-0.3, -0.25) is 0 Å². The molecule has 1 aliphatic rings. The highest BCUT2D eigenvalue weighted by molar-refractivity contribution is 7.91. The Hall–Kier alpha value is -1.41. The number of benzene rings is 2. The van der Waals surface area contributed by atoms with Gasteiger partial charge in [0, 0.05) is 9.41 Å². The molecule has 0 amide bonds. The zero-order valence-corrected chi connectivity index (χ0v) is 8.41. The van der Waals surface area contributed by atoms with Crippen molar-refractivity contribution >= 4 is 17.0 Å². The predicted octanol–water partition coefficient (Wildman–Crippen LogP) is 2.73. The Labute approximate surface area is 85.7 Å². The van der Waals surface area contributed by atoms with Crippen LogP contribution < -0.4 is 5.36 Å². The fourth-order valence-corrected chi connectivity index (χ4v) is 2.62. The van der Waals surface area contributed by atoms with E-state index in [1.54, 1.807) is 0 Å². The molecule has 2 aromatic carbocycles. The van der Waals surface area contributed by atoms with Gasteiger partial charge in [0.1, 0.15) is 0 Å². The Kier molecular flexibility index (Phi) is 1.74. The van der Waals surface area contributed by atoms with Crippen LogP contribution in [0.5, 0.6) is 0 Å². The van der Waals surface area contributed by atoms with E-state index in [0.717, 1.165) is 11.0 Å². The Bertz CT molecular complexity index is 548. The molecule has 2 heteroatoms. The van der Waals surface area contributed by atoms with E-state index in [1.165, 1.54) is 20.8 Å². The molecule has 0 fully saturated rings. The summed E-state index contributed by atoms with van der Waals surface area (Å²) in [6, 6.07) is 16.6. The van der Waals surface area contributed by atoms with Gasteiger partial charge in [-0.2, -0.15) is 11.4 Å². The molecule has 0 bridgehead atoms. The summed E-state index contributed by atoms with van der Waals surface area (Å²) >= 11 is 1.27. The summed E-state index contributed by atoms with van der Waals surface area (Å²) in [6.07, 6.45) is 0. The van der Waals surface area contributed by atoms with Crippen molar-refractivity contribution in [3.05, 3.63) is 58.4 Å². The van der Waals surface area contributed by atoms with Crippen LogP contribution in [-0.4, -0.2) is 0 Å². The van der Waals surface area contributed by atoms with Crippen molar-refractivity contribution < 1.29 is 0 Å². The molecule has 0 aliphatic carbocycles. The predicted molar refractivity (Wildman–Crippen MR) is 59.8 cm³/mol. The topological polar surface area (TPSA) is 12.4 Å². The van der Waals surface area contributed by atoms with E-state index in [0.29, 0.717) is 0 Å². The standard InChI is InChI=1S/C12H9NS/c1-3-7-11-9(5-1)13-10-6-2-4-8-12(10)14-11/h1-8,14H. The van der Waals surface area contributed by atoms with Crippen molar-refractivity contribution in [2.45, 2.75) is 4.90 Å². The van der Waals surface area contributed by atoms with Crippen molar-refractivity contribution in [3.63, 3.8) is 0 Å². The Morgan fingerprint density at radius 3 is 2.64 bits per heavy atom. The van der Waals surface area contributed by atoms with E-state index >= 15 is 0 Å². The number of rotatable bonds is 0. The van der Waals surface area contributed by atoms with Crippen LogP contribution >= 0.6 is 11.4 Å². The highest BCUT2D eigenvalue weighted by atomic mass is 32.1. The van der Waals surface area contributed by atoms with Crippen molar-refractivity contribution in [2.75, 3.05) is 0 Å². The Morgan fingerprint density at radius 2 is 1.64 bits per heavy atom. The molecule has 3 rings (SSSR count). The quantitative estimate of drug-likeness (QED) is 0.422. The van der Waals surface area contributed by atoms with Crippen LogP contribution in [0.15, 0.2) is 58.4 Å². The molecule has 0 radical (unpaired) electrons. The van der Waals surface area contributed by atoms with Gasteiger partial charge in [-0.25, -0.2) is 4.99 Å². The maximum atomic E-state index is 4.60. The van der Waals surface area contributed by atoms with Gasteiger partial charge >= 0.3 is 0 Å². The first kappa shape index (κ1) is 7.94. The largest absolute Gasteiger partial charge is 0.247 e. The fraction of sp³-hybridized carbons (Fsp3) is 0. The van der Waals surface area contributed by atoms with Gasteiger partial charge in [0.15, 0.2) is 0 Å². The van der Waals surface area contributed by atoms with E-state index in [2.05, 4.69) is 41.4 Å². The second-order valence-corrected chi connectivity index (χ2v) is 4.39. The van der Waals surface area contributed by atoms with Crippen LogP contribution in [-0.2, 0) is 0 Å². The zero-order chi connectivity index (χ0) is 9.38. The molecule has 68 valence electrons. The van der Waals surface area contributed by atoms with E-state index in [4.69, 9.17) is 0 Å². The molecule has 0 saturated heterocycles. The van der Waals surface area contributed by atoms with Crippen LogP contribution in [0.3, 0.4) is 0 Å². The van der Waals surface area contributed by atoms with E-state index < -0.39 is 0 Å². The number of para-hydroxylation sites is 2. The molecule has 0 spiro atoms. The average molecular weight is 199 g/mol. The van der Waals surface area contributed by atoms with E-state index in [1.807, 2.05) is 12.1 Å². The summed E-state index contributed by atoms with van der Waals surface area (Å²) in [7, 11) is 0. The monoisotopic (exact) mass is 199 g/mol. The smallest absolute Gasteiger partial charge is 0.0766 e. The van der Waals surface area contributed by atoms with Gasteiger partial charge in [0.05, 0.1) is 11.0 Å². The molecule has 0 N–H and O–H groups in total. The Balaban J connectivity index is 2.42. The number of hydrogen-bond acceptors (Lipinski definition) is 1. The van der Waals surface area contributed by atoms with Crippen LogP contribution in [0.1, 0.15) is 0 Å². The lowest BCUT2D eigenvalue weighted by atomic mass is 10.3. The lowest BCUT2D eigenvalue weighted by molar-refractivity contribution is 1.25. The number of fused-ring (bicyclic) bond motifs is 2. The minimum atomic E-state index is 1.10. The number of nitrogens with zero attached hydrogens (tertiary/aromatic N) is 1. The van der Waals surface area contributed by atoms with Gasteiger partial charge in [-0.05, 0) is 24.3 Å². The van der Waals surface area contributed by atoms with Crippen molar-refractivity contribution in [1.29, 1.82) is 0 Å². The molecular weight excluding hydrogens is 190 g/mol. The zero-order valence-electron chi connectivity index (χ0n) is 7.51. The number of hydrogen-bond donors (Lipinski definition) is 1. The fourth-order valence-electron chi connectivity index (χ4n) is 1.57. The normalized spacial score (nSPS) is 12.6. The minimum absolute atomic E-state index is 1.10. The summed E-state index contributed by atoms with van der Waals surface area (Å²) in [5, 5.41) is 1.10. The summed E-state index contributed by atoms with van der Waals surface area (Å²) in [6.45, 7) is 0. The minimum Gasteiger partial charge on any atom is -0.247 e. The van der Waals surface area contributed by atoms with Crippen molar-refractivity contribution in [2.24, 2.45) is 4.99 Å². The first-order valence-corrected chi connectivity index (χ1v) is 5.44. The molecule has 14 heavy (non-hydrogen) atoms. The van der Waals surface area contributed by atoms with E-state index in [-0.39, 0.29) is 0 Å². The summed E-state index contributed by atoms with van der Waals surface area (Å²) in [5.74, 6) is 0. The third-order valence-electron chi connectivity index (χ3n) is 2.25. The van der Waals surface area contributed by atoms with Gasteiger partial charge in [-0.15, -0.1) is 0 Å². The maximum absolute atomic E-state index is 4.60. The van der Waals surface area contributed by atoms with Crippen LogP contribution in [0, 0.1) is 4.51 Å². The average Bonchev–Trinajstić information content (AvgIpc) is 2.26. The highest BCUT2D eigenvalue weighted by Crippen LogP contribution is 2.27. The highest BCUT2D eigenvalue weighted by Gasteiger charge is 2.00. The van der Waals surface area contributed by atoms with Crippen molar-refractivity contribution in [1.82, 2.24) is 0 Å². The maximum Gasteiger partial charge on any atom is 0.0766 e. The SMILES string of the molecule is c1ccc2c(c1)N=c1ccccc1=[SH]2. The van der Waals surface area contributed by atoms with Crippen molar-refractivity contribution in [3.8, 4) is 0 Å². The molecule has 2 aromatic rings. The summed E-state index contributed by atoms with van der Waals surface area (Å²) in [5.41, 5.74) is 1.10. The van der Waals surface area contributed by atoms with Crippen LogP contribution in [0.4, 0.5) is 5.69 Å².